The number of hydrogen-bond acceptors (Lipinski definition) is 2. The number of ether oxygens (including phenoxy) is 1. The zero-order valence-electron chi connectivity index (χ0n) is 11.9. The van der Waals surface area contributed by atoms with Gasteiger partial charge in [-0.25, -0.2) is 0 Å². The summed E-state index contributed by atoms with van der Waals surface area (Å²) < 4.78 is 5.78. The lowest BCUT2D eigenvalue weighted by molar-refractivity contribution is 0.0964. The first-order chi connectivity index (χ1) is 10.3. The third-order valence-corrected chi connectivity index (χ3v) is 4.30. The van der Waals surface area contributed by atoms with Gasteiger partial charge in [-0.1, -0.05) is 42.5 Å². The minimum atomic E-state index is 0.142. The molecule has 2 saturated carbocycles. The molecule has 2 atom stereocenters. The Morgan fingerprint density at radius 2 is 1.81 bits per heavy atom. The monoisotopic (exact) mass is 278 g/mol. The minimum absolute atomic E-state index is 0.142. The van der Waals surface area contributed by atoms with Crippen LogP contribution in [0.1, 0.15) is 41.1 Å². The third-order valence-electron chi connectivity index (χ3n) is 4.30. The molecule has 2 unspecified atom stereocenters. The van der Waals surface area contributed by atoms with E-state index in [0.717, 1.165) is 30.6 Å². The van der Waals surface area contributed by atoms with Gasteiger partial charge in [0.1, 0.15) is 5.75 Å². The van der Waals surface area contributed by atoms with Crippen molar-refractivity contribution in [1.29, 1.82) is 0 Å². The van der Waals surface area contributed by atoms with Crippen LogP contribution in [0, 0.1) is 5.92 Å². The summed E-state index contributed by atoms with van der Waals surface area (Å²) in [6, 6.07) is 18.0. The van der Waals surface area contributed by atoms with Crippen LogP contribution in [0.5, 0.6) is 5.75 Å². The number of hydrogen-bond donors (Lipinski definition) is 0. The van der Waals surface area contributed by atoms with E-state index in [2.05, 4.69) is 12.1 Å². The molecule has 106 valence electrons. The Morgan fingerprint density at radius 1 is 1.00 bits per heavy atom. The highest BCUT2D eigenvalue weighted by molar-refractivity contribution is 6.00. The maximum absolute atomic E-state index is 12.6. The molecule has 0 bridgehead atoms. The van der Waals surface area contributed by atoms with Crippen molar-refractivity contribution in [3.8, 4) is 5.75 Å². The molecule has 4 rings (SSSR count). The van der Waals surface area contributed by atoms with Crippen molar-refractivity contribution in [2.24, 2.45) is 5.92 Å². The summed E-state index contributed by atoms with van der Waals surface area (Å²) in [6.07, 6.45) is 3.61. The molecule has 0 aliphatic heterocycles. The van der Waals surface area contributed by atoms with Crippen LogP contribution < -0.4 is 4.74 Å². The number of rotatable bonds is 5. The van der Waals surface area contributed by atoms with Gasteiger partial charge >= 0.3 is 0 Å². The maximum atomic E-state index is 12.6. The Morgan fingerprint density at radius 3 is 2.57 bits per heavy atom. The van der Waals surface area contributed by atoms with E-state index in [1.165, 1.54) is 5.56 Å². The summed E-state index contributed by atoms with van der Waals surface area (Å²) in [7, 11) is 0. The van der Waals surface area contributed by atoms with Crippen molar-refractivity contribution in [2.75, 3.05) is 0 Å². The molecule has 2 aromatic carbocycles. The molecular weight excluding hydrogens is 260 g/mol. The summed E-state index contributed by atoms with van der Waals surface area (Å²) >= 11 is 0. The molecule has 0 N–H and O–H groups in total. The fraction of sp³-hybridized carbons (Fsp3) is 0.316. The minimum Gasteiger partial charge on any atom is -0.490 e. The Bertz CT molecular complexity index is 658. The van der Waals surface area contributed by atoms with Gasteiger partial charge in [-0.15, -0.1) is 0 Å². The molecule has 0 radical (unpaired) electrons. The molecule has 2 aliphatic carbocycles. The first-order valence-corrected chi connectivity index (χ1v) is 7.67. The molecule has 0 amide bonds. The van der Waals surface area contributed by atoms with Gasteiger partial charge in [-0.05, 0) is 42.9 Å². The van der Waals surface area contributed by atoms with Crippen molar-refractivity contribution in [1.82, 2.24) is 0 Å². The highest BCUT2D eigenvalue weighted by Crippen LogP contribution is 2.49. The first-order valence-electron chi connectivity index (χ1n) is 7.67. The number of carbonyl (C=O) groups excluding carboxylic acids is 1. The quantitative estimate of drug-likeness (QED) is 0.766. The smallest absolute Gasteiger partial charge is 0.166 e. The first kappa shape index (κ1) is 12.6. The molecule has 0 saturated heterocycles. The Hall–Kier alpha value is -2.09. The van der Waals surface area contributed by atoms with Crippen molar-refractivity contribution in [2.45, 2.75) is 31.3 Å². The van der Waals surface area contributed by atoms with Crippen LogP contribution in [0.25, 0.3) is 0 Å². The van der Waals surface area contributed by atoms with Gasteiger partial charge in [0.15, 0.2) is 5.78 Å². The molecule has 2 aliphatic rings. The summed E-state index contributed by atoms with van der Waals surface area (Å²) in [4.78, 5) is 12.6. The van der Waals surface area contributed by atoms with Crippen LogP contribution >= 0.6 is 0 Å². The predicted octanol–water partition coefficient (Wildman–Crippen LogP) is 4.21. The van der Waals surface area contributed by atoms with Gasteiger partial charge in [-0.2, -0.15) is 0 Å². The largest absolute Gasteiger partial charge is 0.490 e. The van der Waals surface area contributed by atoms with E-state index in [-0.39, 0.29) is 11.7 Å². The number of Topliss-reactive ketones (excluding diaryl/α,β-unsaturated/α-hetero) is 1. The van der Waals surface area contributed by atoms with E-state index in [4.69, 9.17) is 4.74 Å². The van der Waals surface area contributed by atoms with Gasteiger partial charge in [0.05, 0.1) is 6.10 Å². The van der Waals surface area contributed by atoms with Crippen LogP contribution in [0.3, 0.4) is 0 Å². The predicted molar refractivity (Wildman–Crippen MR) is 81.7 cm³/mol. The Balaban J connectivity index is 1.48. The number of benzene rings is 2. The molecule has 2 aromatic rings. The summed E-state index contributed by atoms with van der Waals surface area (Å²) in [6.45, 7) is 0. The number of ketones is 1. The average Bonchev–Trinajstić information content (AvgIpc) is 3.42. The molecule has 2 fully saturated rings. The van der Waals surface area contributed by atoms with Crippen LogP contribution in [-0.4, -0.2) is 11.9 Å². The molecule has 0 spiro atoms. The van der Waals surface area contributed by atoms with Gasteiger partial charge in [0, 0.05) is 11.5 Å². The van der Waals surface area contributed by atoms with Crippen LogP contribution in [-0.2, 0) is 0 Å². The highest BCUT2D eigenvalue weighted by atomic mass is 16.5. The van der Waals surface area contributed by atoms with E-state index in [0.29, 0.717) is 12.0 Å². The average molecular weight is 278 g/mol. The molecule has 2 nitrogen and oxygen atoms in total. The van der Waals surface area contributed by atoms with Crippen molar-refractivity contribution < 1.29 is 9.53 Å². The Kier molecular flexibility index (Phi) is 3.03. The molecule has 0 aromatic heterocycles. The zero-order valence-corrected chi connectivity index (χ0v) is 11.9. The lowest BCUT2D eigenvalue weighted by Crippen LogP contribution is -2.04. The fourth-order valence-electron chi connectivity index (χ4n) is 2.87. The third kappa shape index (κ3) is 2.71. The van der Waals surface area contributed by atoms with Gasteiger partial charge in [0.2, 0.25) is 0 Å². The second kappa shape index (κ2) is 5.03. The summed E-state index contributed by atoms with van der Waals surface area (Å²) in [5, 5.41) is 0. The van der Waals surface area contributed by atoms with Crippen molar-refractivity contribution in [3.63, 3.8) is 0 Å². The second-order valence-corrected chi connectivity index (χ2v) is 6.07. The van der Waals surface area contributed by atoms with Crippen molar-refractivity contribution in [3.05, 3.63) is 65.7 Å². The highest BCUT2D eigenvalue weighted by Gasteiger charge is 2.43. The van der Waals surface area contributed by atoms with Gasteiger partial charge in [0.25, 0.3) is 0 Å². The number of carbonyl (C=O) groups is 1. The van der Waals surface area contributed by atoms with E-state index < -0.39 is 0 Å². The van der Waals surface area contributed by atoms with Crippen LogP contribution in [0.2, 0.25) is 0 Å². The second-order valence-electron chi connectivity index (χ2n) is 6.07. The molecule has 21 heavy (non-hydrogen) atoms. The van der Waals surface area contributed by atoms with Crippen LogP contribution in [0.4, 0.5) is 0 Å². The van der Waals surface area contributed by atoms with E-state index in [9.17, 15) is 4.79 Å². The standard InChI is InChI=1S/C19H18O2/c20-19(18-12-17(18)13-5-2-1-3-6-13)14-7-4-8-16(11-14)21-15-9-10-15/h1-8,11,15,17-18H,9-10,12H2. The maximum Gasteiger partial charge on any atom is 0.166 e. The molecule has 0 heterocycles. The van der Waals surface area contributed by atoms with Gasteiger partial charge < -0.3 is 4.74 Å². The van der Waals surface area contributed by atoms with E-state index >= 15 is 0 Å². The Labute approximate surface area is 124 Å². The molecule has 2 heteroatoms. The van der Waals surface area contributed by atoms with Gasteiger partial charge in [-0.3, -0.25) is 4.79 Å². The lowest BCUT2D eigenvalue weighted by atomic mass is 10.0. The summed E-state index contributed by atoms with van der Waals surface area (Å²) in [5.74, 6) is 1.63. The topological polar surface area (TPSA) is 26.3 Å². The van der Waals surface area contributed by atoms with E-state index in [1.807, 2.05) is 42.5 Å². The normalized spacial score (nSPS) is 23.6. The molecular formula is C19H18O2. The SMILES string of the molecule is O=C(c1cccc(OC2CC2)c1)C1CC1c1ccccc1. The van der Waals surface area contributed by atoms with E-state index in [1.54, 1.807) is 0 Å². The fourth-order valence-corrected chi connectivity index (χ4v) is 2.87. The lowest BCUT2D eigenvalue weighted by Gasteiger charge is -2.06. The zero-order chi connectivity index (χ0) is 14.2. The summed E-state index contributed by atoms with van der Waals surface area (Å²) in [5.41, 5.74) is 2.07. The van der Waals surface area contributed by atoms with Crippen molar-refractivity contribution >= 4 is 5.78 Å². The van der Waals surface area contributed by atoms with Crippen LogP contribution in [0.15, 0.2) is 54.6 Å².